The van der Waals surface area contributed by atoms with Gasteiger partial charge in [-0.3, -0.25) is 14.9 Å². The van der Waals surface area contributed by atoms with Crippen LogP contribution in [-0.2, 0) is 4.79 Å². The van der Waals surface area contributed by atoms with Gasteiger partial charge >= 0.3 is 0 Å². The minimum Gasteiger partial charge on any atom is -0.454 e. The minimum absolute atomic E-state index is 0.00968. The molecule has 0 saturated carbocycles. The lowest BCUT2D eigenvalue weighted by molar-refractivity contribution is -0.384. The van der Waals surface area contributed by atoms with Gasteiger partial charge in [0, 0.05) is 35.2 Å². The van der Waals surface area contributed by atoms with Crippen LogP contribution in [0.15, 0.2) is 60.0 Å². The van der Waals surface area contributed by atoms with Crippen molar-refractivity contribution in [2.75, 3.05) is 12.1 Å². The van der Waals surface area contributed by atoms with Crippen LogP contribution in [-0.4, -0.2) is 32.4 Å². The van der Waals surface area contributed by atoms with E-state index >= 15 is 0 Å². The minimum atomic E-state index is -0.472. The molecule has 10 nitrogen and oxygen atoms in total. The number of benzene rings is 2. The van der Waals surface area contributed by atoms with Crippen LogP contribution in [0.5, 0.6) is 11.5 Å². The van der Waals surface area contributed by atoms with Gasteiger partial charge in [0.25, 0.3) is 5.69 Å². The smallest absolute Gasteiger partial charge is 0.269 e. The van der Waals surface area contributed by atoms with Gasteiger partial charge in [0.15, 0.2) is 11.5 Å². The number of nitrogens with one attached hydrogen (secondary N) is 1. The van der Waals surface area contributed by atoms with Crippen molar-refractivity contribution in [3.63, 3.8) is 0 Å². The number of aromatic nitrogens is 3. The number of thiazole rings is 1. The first-order valence-corrected chi connectivity index (χ1v) is 11.0. The van der Waals surface area contributed by atoms with Gasteiger partial charge in [-0.25, -0.2) is 4.98 Å². The van der Waals surface area contributed by atoms with E-state index in [9.17, 15) is 14.9 Å². The van der Waals surface area contributed by atoms with Crippen molar-refractivity contribution < 1.29 is 19.2 Å². The Morgan fingerprint density at radius 3 is 2.76 bits per heavy atom. The molecule has 3 heterocycles. The molecule has 2 aromatic heterocycles. The summed E-state index contributed by atoms with van der Waals surface area (Å²) in [5, 5.41) is 20.5. The Bertz CT molecular complexity index is 1420. The molecule has 0 spiro atoms. The van der Waals surface area contributed by atoms with E-state index in [1.807, 2.05) is 30.5 Å². The average molecular weight is 475 g/mol. The standard InChI is InChI=1S/C23H17N5O5S/c1-14-10-21(25-22(29)9-4-15-2-6-17(7-3-15)28(30)31)27(26-14)23-24-18(12-34-23)16-5-8-19-20(11-16)33-13-32-19/h2-12H,13H2,1H3,(H,25,29)/b9-4+. The van der Waals surface area contributed by atoms with Gasteiger partial charge in [-0.15, -0.1) is 11.3 Å². The Labute approximate surface area is 197 Å². The number of nitrogens with zero attached hydrogens (tertiary/aromatic N) is 4. The number of nitro groups is 1. The highest BCUT2D eigenvalue weighted by Crippen LogP contribution is 2.36. The van der Waals surface area contributed by atoms with Crippen molar-refractivity contribution in [2.45, 2.75) is 6.92 Å². The second-order valence-electron chi connectivity index (χ2n) is 7.34. The first-order chi connectivity index (χ1) is 16.5. The molecule has 0 bridgehead atoms. The third-order valence-corrected chi connectivity index (χ3v) is 5.77. The van der Waals surface area contributed by atoms with Crippen molar-refractivity contribution in [3.05, 3.63) is 81.4 Å². The molecule has 11 heteroatoms. The molecule has 170 valence electrons. The van der Waals surface area contributed by atoms with Crippen LogP contribution in [0.4, 0.5) is 11.5 Å². The van der Waals surface area contributed by atoms with Gasteiger partial charge in [0.1, 0.15) is 5.82 Å². The van der Waals surface area contributed by atoms with E-state index in [2.05, 4.69) is 15.4 Å². The molecular weight excluding hydrogens is 458 g/mol. The van der Waals surface area contributed by atoms with Gasteiger partial charge in [-0.1, -0.05) is 0 Å². The third kappa shape index (κ3) is 4.36. The molecule has 0 saturated heterocycles. The van der Waals surface area contributed by atoms with Crippen LogP contribution in [0.1, 0.15) is 11.3 Å². The zero-order chi connectivity index (χ0) is 23.7. The third-order valence-electron chi connectivity index (χ3n) is 4.96. The maximum Gasteiger partial charge on any atom is 0.269 e. The maximum atomic E-state index is 12.5. The number of amides is 1. The van der Waals surface area contributed by atoms with Gasteiger partial charge in [0.05, 0.1) is 16.3 Å². The molecule has 1 amide bonds. The molecule has 0 fully saturated rings. The van der Waals surface area contributed by atoms with Crippen molar-refractivity contribution in [1.82, 2.24) is 14.8 Å². The second-order valence-corrected chi connectivity index (χ2v) is 8.17. The zero-order valence-corrected chi connectivity index (χ0v) is 18.6. The van der Waals surface area contributed by atoms with Crippen molar-refractivity contribution in [2.24, 2.45) is 0 Å². The quantitative estimate of drug-likeness (QED) is 0.246. The number of carbonyl (C=O) groups is 1. The zero-order valence-electron chi connectivity index (χ0n) is 17.8. The van der Waals surface area contributed by atoms with E-state index in [4.69, 9.17) is 9.47 Å². The summed E-state index contributed by atoms with van der Waals surface area (Å²) in [7, 11) is 0. The molecule has 0 unspecified atom stereocenters. The Kier molecular flexibility index (Phi) is 5.52. The largest absolute Gasteiger partial charge is 0.454 e. The summed E-state index contributed by atoms with van der Waals surface area (Å²) >= 11 is 1.39. The van der Waals surface area contributed by atoms with Crippen molar-refractivity contribution in [3.8, 4) is 27.9 Å². The fraction of sp³-hybridized carbons (Fsp3) is 0.0870. The number of anilines is 1. The summed E-state index contributed by atoms with van der Waals surface area (Å²) in [5.41, 5.74) is 3.01. The lowest BCUT2D eigenvalue weighted by Gasteiger charge is -2.04. The molecule has 0 atom stereocenters. The predicted molar refractivity (Wildman–Crippen MR) is 126 cm³/mol. The summed E-state index contributed by atoms with van der Waals surface area (Å²) in [5.74, 6) is 1.48. The van der Waals surface area contributed by atoms with Crippen LogP contribution in [0, 0.1) is 17.0 Å². The van der Waals surface area contributed by atoms with Gasteiger partial charge in [-0.2, -0.15) is 9.78 Å². The summed E-state index contributed by atoms with van der Waals surface area (Å²) < 4.78 is 12.4. The van der Waals surface area contributed by atoms with Gasteiger partial charge in [0.2, 0.25) is 17.8 Å². The lowest BCUT2D eigenvalue weighted by atomic mass is 10.1. The van der Waals surface area contributed by atoms with E-state index in [0.29, 0.717) is 28.0 Å². The van der Waals surface area contributed by atoms with Crippen molar-refractivity contribution >= 4 is 34.8 Å². The number of hydrogen-bond acceptors (Lipinski definition) is 8. The van der Waals surface area contributed by atoms with Crippen molar-refractivity contribution in [1.29, 1.82) is 0 Å². The number of ether oxygens (including phenoxy) is 2. The Morgan fingerprint density at radius 1 is 1.18 bits per heavy atom. The number of hydrogen-bond donors (Lipinski definition) is 1. The number of fused-ring (bicyclic) bond motifs is 1. The molecule has 1 aliphatic rings. The molecule has 0 aliphatic carbocycles. The van der Waals surface area contributed by atoms with E-state index in [0.717, 1.165) is 17.0 Å². The molecule has 4 aromatic rings. The number of non-ortho nitro benzene ring substituents is 1. The number of aryl methyl sites for hydroxylation is 1. The SMILES string of the molecule is Cc1cc(NC(=O)/C=C/c2ccc([N+](=O)[O-])cc2)n(-c2nc(-c3ccc4c(c3)OCO4)cs2)n1. The van der Waals surface area contributed by atoms with E-state index < -0.39 is 4.92 Å². The average Bonchev–Trinajstić information content (AvgIpc) is 3.57. The summed E-state index contributed by atoms with van der Waals surface area (Å²) in [4.78, 5) is 27.5. The maximum absolute atomic E-state index is 12.5. The summed E-state index contributed by atoms with van der Waals surface area (Å²) in [6.07, 6.45) is 2.93. The topological polar surface area (TPSA) is 121 Å². The van der Waals surface area contributed by atoms with Crippen LogP contribution in [0.2, 0.25) is 0 Å². The van der Waals surface area contributed by atoms with Gasteiger partial charge < -0.3 is 14.8 Å². The van der Waals surface area contributed by atoms with Crippen LogP contribution in [0.3, 0.4) is 0 Å². The van der Waals surface area contributed by atoms with Crippen LogP contribution in [0.25, 0.3) is 22.5 Å². The Morgan fingerprint density at radius 2 is 1.97 bits per heavy atom. The molecule has 1 N–H and O–H groups in total. The molecular formula is C23H17N5O5S. The first kappa shape index (κ1) is 21.3. The number of nitro benzene ring substituents is 1. The number of rotatable bonds is 6. The molecule has 5 rings (SSSR count). The van der Waals surface area contributed by atoms with Gasteiger partial charge in [-0.05, 0) is 48.9 Å². The monoisotopic (exact) mass is 475 g/mol. The lowest BCUT2D eigenvalue weighted by Crippen LogP contribution is -2.12. The normalized spacial score (nSPS) is 12.3. The predicted octanol–water partition coefficient (Wildman–Crippen LogP) is 4.59. The van der Waals surface area contributed by atoms with E-state index in [1.165, 1.54) is 29.5 Å². The van der Waals surface area contributed by atoms with Crippen LogP contribution < -0.4 is 14.8 Å². The fourth-order valence-electron chi connectivity index (χ4n) is 3.33. The Balaban J connectivity index is 1.33. The van der Waals surface area contributed by atoms with E-state index in [1.54, 1.807) is 29.0 Å². The highest BCUT2D eigenvalue weighted by Gasteiger charge is 2.17. The second kappa shape index (κ2) is 8.79. The highest BCUT2D eigenvalue weighted by molar-refractivity contribution is 7.12. The fourth-order valence-corrected chi connectivity index (χ4v) is 4.13. The molecule has 1 aliphatic heterocycles. The molecule has 34 heavy (non-hydrogen) atoms. The highest BCUT2D eigenvalue weighted by atomic mass is 32.1. The van der Waals surface area contributed by atoms with E-state index in [-0.39, 0.29) is 18.4 Å². The Hall–Kier alpha value is -4.51. The summed E-state index contributed by atoms with van der Waals surface area (Å²) in [6.45, 7) is 2.03. The number of carbonyl (C=O) groups excluding carboxylic acids is 1. The molecule has 0 radical (unpaired) electrons. The molecule has 2 aromatic carbocycles. The summed E-state index contributed by atoms with van der Waals surface area (Å²) in [6, 6.07) is 13.3. The van der Waals surface area contributed by atoms with Crippen LogP contribution >= 0.6 is 11.3 Å². The first-order valence-electron chi connectivity index (χ1n) is 10.1.